The fourth-order valence-electron chi connectivity index (χ4n) is 2.57. The van der Waals surface area contributed by atoms with Gasteiger partial charge in [-0.2, -0.15) is 0 Å². The molecule has 1 unspecified atom stereocenters. The quantitative estimate of drug-likeness (QED) is 0.610. The maximum Gasteiger partial charge on any atom is 0.236 e. The zero-order valence-electron chi connectivity index (χ0n) is 11.3. The smallest absolute Gasteiger partial charge is 0.236 e. The van der Waals surface area contributed by atoms with E-state index >= 15 is 0 Å². The SMILES string of the molecule is CN1CCN(C(=O)CN2CCNCC2CN)CC1. The van der Waals surface area contributed by atoms with Crippen LogP contribution in [0, 0.1) is 0 Å². The molecule has 2 saturated heterocycles. The van der Waals surface area contributed by atoms with Crippen molar-refractivity contribution in [1.29, 1.82) is 0 Å². The molecule has 2 aliphatic rings. The van der Waals surface area contributed by atoms with E-state index in [0.717, 1.165) is 45.8 Å². The minimum atomic E-state index is 0.253. The van der Waals surface area contributed by atoms with Crippen LogP contribution >= 0.6 is 0 Å². The van der Waals surface area contributed by atoms with E-state index in [1.54, 1.807) is 0 Å². The number of likely N-dealkylation sites (N-methyl/N-ethyl adjacent to an activating group) is 1. The van der Waals surface area contributed by atoms with Crippen molar-refractivity contribution in [2.45, 2.75) is 6.04 Å². The number of hydrogen-bond donors (Lipinski definition) is 2. The number of nitrogens with two attached hydrogens (primary N) is 1. The summed E-state index contributed by atoms with van der Waals surface area (Å²) >= 11 is 0. The van der Waals surface area contributed by atoms with Gasteiger partial charge < -0.3 is 20.9 Å². The van der Waals surface area contributed by atoms with E-state index in [1.807, 2.05) is 4.90 Å². The number of piperazine rings is 2. The summed E-state index contributed by atoms with van der Waals surface area (Å²) in [5, 5.41) is 3.32. The lowest BCUT2D eigenvalue weighted by molar-refractivity contribution is -0.134. The van der Waals surface area contributed by atoms with Gasteiger partial charge in [0, 0.05) is 58.4 Å². The lowest BCUT2D eigenvalue weighted by atomic mass is 10.2. The van der Waals surface area contributed by atoms with E-state index in [0.29, 0.717) is 19.1 Å². The molecule has 6 nitrogen and oxygen atoms in total. The normalized spacial score (nSPS) is 27.4. The summed E-state index contributed by atoms with van der Waals surface area (Å²) in [6.07, 6.45) is 0. The Labute approximate surface area is 109 Å². The number of hydrogen-bond acceptors (Lipinski definition) is 5. The molecule has 0 radical (unpaired) electrons. The van der Waals surface area contributed by atoms with Gasteiger partial charge >= 0.3 is 0 Å². The second-order valence-corrected chi connectivity index (χ2v) is 5.25. The Morgan fingerprint density at radius 3 is 2.67 bits per heavy atom. The lowest BCUT2D eigenvalue weighted by Crippen LogP contribution is -2.58. The van der Waals surface area contributed by atoms with Gasteiger partial charge in [-0.15, -0.1) is 0 Å². The van der Waals surface area contributed by atoms with Crippen LogP contribution in [0.3, 0.4) is 0 Å². The Morgan fingerprint density at radius 2 is 2.00 bits per heavy atom. The number of nitrogens with one attached hydrogen (secondary N) is 1. The van der Waals surface area contributed by atoms with Crippen LogP contribution in [-0.2, 0) is 4.79 Å². The summed E-state index contributed by atoms with van der Waals surface area (Å²) in [6.45, 7) is 7.57. The highest BCUT2D eigenvalue weighted by molar-refractivity contribution is 5.78. The molecular formula is C12H25N5O. The molecule has 2 aliphatic heterocycles. The van der Waals surface area contributed by atoms with E-state index in [9.17, 15) is 4.79 Å². The molecule has 0 spiro atoms. The molecule has 0 aromatic heterocycles. The third kappa shape index (κ3) is 3.41. The molecule has 2 rings (SSSR count). The molecule has 0 aliphatic carbocycles. The van der Waals surface area contributed by atoms with Crippen LogP contribution in [0.2, 0.25) is 0 Å². The van der Waals surface area contributed by atoms with E-state index < -0.39 is 0 Å². The summed E-state index contributed by atoms with van der Waals surface area (Å²) in [7, 11) is 2.10. The van der Waals surface area contributed by atoms with Crippen molar-refractivity contribution < 1.29 is 4.79 Å². The third-order valence-electron chi connectivity index (χ3n) is 3.94. The summed E-state index contributed by atoms with van der Waals surface area (Å²) in [6, 6.07) is 0.301. The first-order valence-electron chi connectivity index (χ1n) is 6.82. The van der Waals surface area contributed by atoms with Crippen molar-refractivity contribution in [3.8, 4) is 0 Å². The van der Waals surface area contributed by atoms with Gasteiger partial charge in [0.25, 0.3) is 0 Å². The van der Waals surface area contributed by atoms with Gasteiger partial charge in [0.1, 0.15) is 0 Å². The van der Waals surface area contributed by atoms with Crippen LogP contribution in [0.15, 0.2) is 0 Å². The highest BCUT2D eigenvalue weighted by Gasteiger charge is 2.26. The zero-order chi connectivity index (χ0) is 13.0. The number of amides is 1. The molecule has 0 saturated carbocycles. The van der Waals surface area contributed by atoms with Gasteiger partial charge in [0.05, 0.1) is 6.54 Å². The van der Waals surface area contributed by atoms with Crippen LogP contribution in [0.1, 0.15) is 0 Å². The van der Waals surface area contributed by atoms with Gasteiger partial charge in [-0.3, -0.25) is 9.69 Å². The number of rotatable bonds is 3. The van der Waals surface area contributed by atoms with Gasteiger partial charge in [0.15, 0.2) is 0 Å². The number of nitrogens with zero attached hydrogens (tertiary/aromatic N) is 3. The van der Waals surface area contributed by atoms with Gasteiger partial charge in [-0.05, 0) is 7.05 Å². The minimum absolute atomic E-state index is 0.253. The van der Waals surface area contributed by atoms with E-state index in [-0.39, 0.29) is 5.91 Å². The van der Waals surface area contributed by atoms with Crippen molar-refractivity contribution >= 4 is 5.91 Å². The van der Waals surface area contributed by atoms with Gasteiger partial charge in [-0.25, -0.2) is 0 Å². The van der Waals surface area contributed by atoms with E-state index in [2.05, 4.69) is 22.2 Å². The molecule has 0 aromatic rings. The highest BCUT2D eigenvalue weighted by Crippen LogP contribution is 2.05. The Bertz CT molecular complexity index is 278. The van der Waals surface area contributed by atoms with Gasteiger partial charge in [-0.1, -0.05) is 0 Å². The highest BCUT2D eigenvalue weighted by atomic mass is 16.2. The molecule has 104 valence electrons. The predicted octanol–water partition coefficient (Wildman–Crippen LogP) is -2.01. The van der Waals surface area contributed by atoms with E-state index in [1.165, 1.54) is 0 Å². The summed E-state index contributed by atoms with van der Waals surface area (Å²) in [4.78, 5) is 18.7. The standard InChI is InChI=1S/C12H25N5O/c1-15-4-6-16(7-5-15)12(18)10-17-3-2-14-9-11(17)8-13/h11,14H,2-10,13H2,1H3. The van der Waals surface area contributed by atoms with Crippen LogP contribution in [0.25, 0.3) is 0 Å². The predicted molar refractivity (Wildman–Crippen MR) is 71.4 cm³/mol. The van der Waals surface area contributed by atoms with Crippen molar-refractivity contribution in [2.24, 2.45) is 5.73 Å². The topological polar surface area (TPSA) is 64.8 Å². The summed E-state index contributed by atoms with van der Waals surface area (Å²) < 4.78 is 0. The first-order chi connectivity index (χ1) is 8.70. The molecular weight excluding hydrogens is 230 g/mol. The average molecular weight is 255 g/mol. The maximum absolute atomic E-state index is 12.2. The molecule has 0 aromatic carbocycles. The Balaban J connectivity index is 1.82. The molecule has 0 bridgehead atoms. The molecule has 1 atom stereocenters. The fraction of sp³-hybridized carbons (Fsp3) is 0.917. The second kappa shape index (κ2) is 6.47. The van der Waals surface area contributed by atoms with Crippen molar-refractivity contribution in [3.05, 3.63) is 0 Å². The molecule has 2 heterocycles. The number of carbonyl (C=O) groups is 1. The monoisotopic (exact) mass is 255 g/mol. The van der Waals surface area contributed by atoms with E-state index in [4.69, 9.17) is 5.73 Å². The molecule has 1 amide bonds. The van der Waals surface area contributed by atoms with Crippen LogP contribution in [0.5, 0.6) is 0 Å². The third-order valence-corrected chi connectivity index (χ3v) is 3.94. The largest absolute Gasteiger partial charge is 0.339 e. The van der Waals surface area contributed by atoms with Crippen LogP contribution in [-0.4, -0.2) is 92.6 Å². The Kier molecular flexibility index (Phi) is 4.94. The fourth-order valence-corrected chi connectivity index (χ4v) is 2.57. The maximum atomic E-state index is 12.2. The van der Waals surface area contributed by atoms with Crippen LogP contribution < -0.4 is 11.1 Å². The minimum Gasteiger partial charge on any atom is -0.339 e. The number of carbonyl (C=O) groups excluding carboxylic acids is 1. The second-order valence-electron chi connectivity index (χ2n) is 5.25. The molecule has 3 N–H and O–H groups in total. The Morgan fingerprint density at radius 1 is 1.28 bits per heavy atom. The van der Waals surface area contributed by atoms with Gasteiger partial charge in [0.2, 0.25) is 5.91 Å². The first kappa shape index (κ1) is 13.7. The summed E-state index contributed by atoms with van der Waals surface area (Å²) in [5.74, 6) is 0.253. The first-order valence-corrected chi connectivity index (χ1v) is 6.82. The Hall–Kier alpha value is -0.690. The van der Waals surface area contributed by atoms with Crippen molar-refractivity contribution in [3.63, 3.8) is 0 Å². The van der Waals surface area contributed by atoms with Crippen molar-refractivity contribution in [1.82, 2.24) is 20.0 Å². The zero-order valence-corrected chi connectivity index (χ0v) is 11.3. The van der Waals surface area contributed by atoms with Crippen LogP contribution in [0.4, 0.5) is 0 Å². The van der Waals surface area contributed by atoms with Crippen molar-refractivity contribution in [2.75, 3.05) is 66.0 Å². The summed E-state index contributed by atoms with van der Waals surface area (Å²) in [5.41, 5.74) is 5.75. The molecule has 2 fully saturated rings. The molecule has 18 heavy (non-hydrogen) atoms. The average Bonchev–Trinajstić information content (AvgIpc) is 2.40. The molecule has 6 heteroatoms. The lowest BCUT2D eigenvalue weighted by Gasteiger charge is -2.38.